The maximum Gasteiger partial charge on any atom is 0.187 e. The zero-order valence-corrected chi connectivity index (χ0v) is 12.9. The lowest BCUT2D eigenvalue weighted by Gasteiger charge is -2.11. The Kier molecular flexibility index (Phi) is 5.34. The lowest BCUT2D eigenvalue weighted by atomic mass is 10.2. The molecule has 1 aromatic heterocycles. The molecule has 0 fully saturated rings. The number of hydrogen-bond acceptors (Lipinski definition) is 4. The maximum absolute atomic E-state index is 5.20. The molecular weight excluding hydrogens is 284 g/mol. The molecule has 0 unspecified atom stereocenters. The molecule has 110 valence electrons. The number of furan rings is 1. The van der Waals surface area contributed by atoms with Crippen LogP contribution < -0.4 is 15.6 Å². The summed E-state index contributed by atoms with van der Waals surface area (Å²) in [7, 11) is 4.02. The van der Waals surface area contributed by atoms with Crippen molar-refractivity contribution in [1.29, 1.82) is 0 Å². The molecule has 0 atom stereocenters. The van der Waals surface area contributed by atoms with Crippen LogP contribution in [-0.2, 0) is 6.54 Å². The van der Waals surface area contributed by atoms with Crippen LogP contribution in [0.2, 0.25) is 0 Å². The number of anilines is 1. The first-order valence-corrected chi connectivity index (χ1v) is 6.92. The molecule has 0 aliphatic carbocycles. The van der Waals surface area contributed by atoms with Crippen LogP contribution in [-0.4, -0.2) is 25.4 Å². The minimum Gasteiger partial charge on any atom is -0.467 e. The second-order valence-electron chi connectivity index (χ2n) is 4.62. The van der Waals surface area contributed by atoms with Gasteiger partial charge in [0.1, 0.15) is 5.76 Å². The fourth-order valence-corrected chi connectivity index (χ4v) is 1.77. The molecule has 2 aromatic rings. The molecular formula is C15H18N4OS. The third-order valence-electron chi connectivity index (χ3n) is 2.79. The number of nitrogens with one attached hydrogen (secondary N) is 2. The molecule has 0 saturated carbocycles. The monoisotopic (exact) mass is 302 g/mol. The second-order valence-corrected chi connectivity index (χ2v) is 5.03. The summed E-state index contributed by atoms with van der Waals surface area (Å²) in [5.74, 6) is 0.822. The van der Waals surface area contributed by atoms with E-state index in [0.717, 1.165) is 17.0 Å². The zero-order chi connectivity index (χ0) is 15.1. The minimum atomic E-state index is 0.451. The highest BCUT2D eigenvalue weighted by atomic mass is 32.1. The highest BCUT2D eigenvalue weighted by Crippen LogP contribution is 2.10. The van der Waals surface area contributed by atoms with Gasteiger partial charge in [-0.3, -0.25) is 5.43 Å². The molecule has 0 radical (unpaired) electrons. The van der Waals surface area contributed by atoms with Crippen LogP contribution in [0.25, 0.3) is 0 Å². The van der Waals surface area contributed by atoms with Gasteiger partial charge in [-0.05, 0) is 42.0 Å². The molecule has 1 aromatic carbocycles. The van der Waals surface area contributed by atoms with Crippen molar-refractivity contribution in [2.45, 2.75) is 6.54 Å². The zero-order valence-electron chi connectivity index (χ0n) is 12.0. The van der Waals surface area contributed by atoms with Gasteiger partial charge in [-0.1, -0.05) is 12.1 Å². The van der Waals surface area contributed by atoms with E-state index in [4.69, 9.17) is 16.6 Å². The Morgan fingerprint density at radius 1 is 1.29 bits per heavy atom. The normalized spacial score (nSPS) is 10.6. The molecule has 0 aliphatic heterocycles. The predicted molar refractivity (Wildman–Crippen MR) is 89.6 cm³/mol. The second kappa shape index (κ2) is 7.44. The van der Waals surface area contributed by atoms with Gasteiger partial charge in [0.25, 0.3) is 0 Å². The summed E-state index contributed by atoms with van der Waals surface area (Å²) in [6.07, 6.45) is 3.35. The topological polar surface area (TPSA) is 52.8 Å². The van der Waals surface area contributed by atoms with E-state index in [9.17, 15) is 0 Å². The van der Waals surface area contributed by atoms with Crippen LogP contribution in [0.15, 0.2) is 52.2 Å². The number of thiocarbonyl (C=S) groups is 1. The van der Waals surface area contributed by atoms with E-state index in [0.29, 0.717) is 11.7 Å². The molecule has 0 spiro atoms. The first kappa shape index (κ1) is 15.1. The third kappa shape index (κ3) is 4.92. The van der Waals surface area contributed by atoms with Gasteiger partial charge in [-0.15, -0.1) is 0 Å². The fourth-order valence-electron chi connectivity index (χ4n) is 1.64. The van der Waals surface area contributed by atoms with Crippen molar-refractivity contribution in [2.24, 2.45) is 5.10 Å². The third-order valence-corrected chi connectivity index (χ3v) is 3.03. The number of nitrogens with zero attached hydrogens (tertiary/aromatic N) is 2. The molecule has 0 saturated heterocycles. The van der Waals surface area contributed by atoms with E-state index in [1.165, 1.54) is 0 Å². The average molecular weight is 302 g/mol. The van der Waals surface area contributed by atoms with Gasteiger partial charge < -0.3 is 14.6 Å². The number of rotatable bonds is 5. The van der Waals surface area contributed by atoms with Crippen LogP contribution in [0.1, 0.15) is 11.3 Å². The van der Waals surface area contributed by atoms with Crippen LogP contribution in [0.5, 0.6) is 0 Å². The summed E-state index contributed by atoms with van der Waals surface area (Å²) in [6, 6.07) is 11.8. The highest BCUT2D eigenvalue weighted by molar-refractivity contribution is 7.80. The largest absolute Gasteiger partial charge is 0.467 e. The SMILES string of the molecule is CN(C)c1ccc(/C=N\NC(=S)NCc2ccco2)cc1. The van der Waals surface area contributed by atoms with Gasteiger partial charge in [0.05, 0.1) is 19.0 Å². The molecule has 0 aliphatic rings. The highest BCUT2D eigenvalue weighted by Gasteiger charge is 1.97. The van der Waals surface area contributed by atoms with E-state index >= 15 is 0 Å². The first-order chi connectivity index (χ1) is 10.1. The summed E-state index contributed by atoms with van der Waals surface area (Å²) in [6.45, 7) is 0.534. The number of hydrogen-bond donors (Lipinski definition) is 2. The molecule has 0 amide bonds. The van der Waals surface area contributed by atoms with Crippen molar-refractivity contribution in [1.82, 2.24) is 10.7 Å². The first-order valence-electron chi connectivity index (χ1n) is 6.52. The molecule has 6 heteroatoms. The van der Waals surface area contributed by atoms with Gasteiger partial charge in [-0.25, -0.2) is 0 Å². The summed E-state index contributed by atoms with van der Waals surface area (Å²) in [5, 5.41) is 7.55. The van der Waals surface area contributed by atoms with Crippen molar-refractivity contribution < 1.29 is 4.42 Å². The lowest BCUT2D eigenvalue weighted by Crippen LogP contribution is -2.31. The Balaban J connectivity index is 1.77. The molecule has 2 N–H and O–H groups in total. The van der Waals surface area contributed by atoms with E-state index < -0.39 is 0 Å². The van der Waals surface area contributed by atoms with Gasteiger partial charge in [-0.2, -0.15) is 5.10 Å². The van der Waals surface area contributed by atoms with Crippen LogP contribution >= 0.6 is 12.2 Å². The lowest BCUT2D eigenvalue weighted by molar-refractivity contribution is 0.502. The minimum absolute atomic E-state index is 0.451. The Morgan fingerprint density at radius 2 is 2.05 bits per heavy atom. The van der Waals surface area contributed by atoms with E-state index in [-0.39, 0.29) is 0 Å². The van der Waals surface area contributed by atoms with Crippen molar-refractivity contribution in [2.75, 3.05) is 19.0 Å². The molecule has 2 rings (SSSR count). The summed E-state index contributed by atoms with van der Waals surface area (Å²) >= 11 is 5.11. The van der Waals surface area contributed by atoms with Gasteiger partial charge in [0.2, 0.25) is 0 Å². The average Bonchev–Trinajstić information content (AvgIpc) is 2.99. The van der Waals surface area contributed by atoms with Crippen molar-refractivity contribution in [3.05, 3.63) is 54.0 Å². The molecule has 5 nitrogen and oxygen atoms in total. The van der Waals surface area contributed by atoms with E-state index in [2.05, 4.69) is 15.8 Å². The predicted octanol–water partition coefficient (Wildman–Crippen LogP) is 2.34. The van der Waals surface area contributed by atoms with Crippen LogP contribution in [0.4, 0.5) is 5.69 Å². The smallest absolute Gasteiger partial charge is 0.187 e. The molecule has 1 heterocycles. The summed E-state index contributed by atoms with van der Waals surface area (Å²) in [4.78, 5) is 2.05. The molecule has 0 bridgehead atoms. The maximum atomic E-state index is 5.20. The van der Waals surface area contributed by atoms with Gasteiger partial charge >= 0.3 is 0 Å². The van der Waals surface area contributed by atoms with Crippen molar-refractivity contribution in [3.8, 4) is 0 Å². The number of hydrazone groups is 1. The number of benzene rings is 1. The Bertz CT molecular complexity index is 591. The Labute approximate surface area is 129 Å². The van der Waals surface area contributed by atoms with Crippen LogP contribution in [0, 0.1) is 0 Å². The van der Waals surface area contributed by atoms with Crippen LogP contribution in [0.3, 0.4) is 0 Å². The van der Waals surface area contributed by atoms with E-state index in [1.54, 1.807) is 12.5 Å². The summed E-state index contributed by atoms with van der Waals surface area (Å²) < 4.78 is 5.20. The standard InChI is InChI=1S/C15H18N4OS/c1-19(2)13-7-5-12(6-8-13)10-17-18-15(21)16-11-14-4-3-9-20-14/h3-10H,11H2,1-2H3,(H2,16,18,21)/b17-10-. The van der Waals surface area contributed by atoms with Crippen molar-refractivity contribution >= 4 is 29.2 Å². The molecule has 21 heavy (non-hydrogen) atoms. The fraction of sp³-hybridized carbons (Fsp3) is 0.200. The van der Waals surface area contributed by atoms with Gasteiger partial charge in [0, 0.05) is 19.8 Å². The Morgan fingerprint density at radius 3 is 2.67 bits per heavy atom. The summed E-state index contributed by atoms with van der Waals surface area (Å²) in [5.41, 5.74) is 4.92. The van der Waals surface area contributed by atoms with Gasteiger partial charge in [0.15, 0.2) is 5.11 Å². The van der Waals surface area contributed by atoms with E-state index in [1.807, 2.05) is 55.4 Å². The Hall–Kier alpha value is -2.34. The quantitative estimate of drug-likeness (QED) is 0.504. The van der Waals surface area contributed by atoms with Crippen molar-refractivity contribution in [3.63, 3.8) is 0 Å².